The van der Waals surface area contributed by atoms with Crippen LogP contribution in [0.3, 0.4) is 0 Å². The van der Waals surface area contributed by atoms with E-state index in [2.05, 4.69) is 9.55 Å². The molecule has 2 rings (SSSR count). The molecule has 1 fully saturated rings. The maximum Gasteiger partial charge on any atom is 0.0948 e. The number of nitrogens with zero attached hydrogens (tertiary/aromatic N) is 2. The van der Waals surface area contributed by atoms with Gasteiger partial charge in [-0.2, -0.15) is 0 Å². The van der Waals surface area contributed by atoms with Crippen molar-refractivity contribution >= 4 is 0 Å². The molecule has 15 heavy (non-hydrogen) atoms. The first kappa shape index (κ1) is 10.7. The van der Waals surface area contributed by atoms with E-state index in [-0.39, 0.29) is 0 Å². The SMILES string of the molecule is NCCCn1cncc1C1CCCCC1. The quantitative estimate of drug-likeness (QED) is 0.823. The normalized spacial score (nSPS) is 18.2. The van der Waals surface area contributed by atoms with E-state index < -0.39 is 0 Å². The summed E-state index contributed by atoms with van der Waals surface area (Å²) in [5.74, 6) is 0.749. The molecular formula is C12H21N3. The fraction of sp³-hybridized carbons (Fsp3) is 0.750. The summed E-state index contributed by atoms with van der Waals surface area (Å²) >= 11 is 0. The molecule has 0 spiro atoms. The van der Waals surface area contributed by atoms with Crippen molar-refractivity contribution in [1.29, 1.82) is 0 Å². The molecule has 1 aromatic rings. The van der Waals surface area contributed by atoms with E-state index >= 15 is 0 Å². The van der Waals surface area contributed by atoms with E-state index in [0.717, 1.165) is 25.4 Å². The van der Waals surface area contributed by atoms with Gasteiger partial charge in [0.25, 0.3) is 0 Å². The molecule has 1 aliphatic carbocycles. The van der Waals surface area contributed by atoms with Crippen LogP contribution >= 0.6 is 0 Å². The molecule has 0 radical (unpaired) electrons. The van der Waals surface area contributed by atoms with E-state index in [1.165, 1.54) is 37.8 Å². The highest BCUT2D eigenvalue weighted by Gasteiger charge is 2.18. The molecule has 84 valence electrons. The molecule has 3 nitrogen and oxygen atoms in total. The van der Waals surface area contributed by atoms with Gasteiger partial charge in [-0.15, -0.1) is 0 Å². The van der Waals surface area contributed by atoms with Crippen LogP contribution < -0.4 is 5.73 Å². The summed E-state index contributed by atoms with van der Waals surface area (Å²) in [7, 11) is 0. The van der Waals surface area contributed by atoms with Gasteiger partial charge in [-0.3, -0.25) is 0 Å². The Morgan fingerprint density at radius 2 is 2.13 bits per heavy atom. The molecule has 0 bridgehead atoms. The molecule has 0 aliphatic heterocycles. The zero-order chi connectivity index (χ0) is 10.5. The van der Waals surface area contributed by atoms with Gasteiger partial charge in [-0.25, -0.2) is 4.98 Å². The number of rotatable bonds is 4. The molecule has 0 atom stereocenters. The van der Waals surface area contributed by atoms with Crippen molar-refractivity contribution in [2.24, 2.45) is 5.73 Å². The smallest absolute Gasteiger partial charge is 0.0948 e. The highest BCUT2D eigenvalue weighted by molar-refractivity contribution is 5.07. The van der Waals surface area contributed by atoms with Gasteiger partial charge >= 0.3 is 0 Å². The number of aryl methyl sites for hydroxylation is 1. The van der Waals surface area contributed by atoms with Crippen LogP contribution in [-0.2, 0) is 6.54 Å². The Kier molecular flexibility index (Phi) is 3.78. The largest absolute Gasteiger partial charge is 0.334 e. The minimum absolute atomic E-state index is 0.749. The van der Waals surface area contributed by atoms with Crippen LogP contribution in [-0.4, -0.2) is 16.1 Å². The molecule has 3 heteroatoms. The lowest BCUT2D eigenvalue weighted by Crippen LogP contribution is -2.12. The summed E-state index contributed by atoms with van der Waals surface area (Å²) in [5, 5.41) is 0. The second kappa shape index (κ2) is 5.31. The number of hydrogen-bond donors (Lipinski definition) is 1. The molecule has 1 aromatic heterocycles. The summed E-state index contributed by atoms with van der Waals surface area (Å²) in [4.78, 5) is 4.27. The Bertz CT molecular complexity index is 287. The number of imidazole rings is 1. The zero-order valence-electron chi connectivity index (χ0n) is 9.36. The summed E-state index contributed by atoms with van der Waals surface area (Å²) in [6.45, 7) is 1.80. The van der Waals surface area contributed by atoms with Crippen molar-refractivity contribution in [2.75, 3.05) is 6.54 Å². The van der Waals surface area contributed by atoms with Crippen LogP contribution in [0.15, 0.2) is 12.5 Å². The van der Waals surface area contributed by atoms with E-state index in [0.29, 0.717) is 0 Å². The minimum Gasteiger partial charge on any atom is -0.334 e. The average molecular weight is 207 g/mol. The standard InChI is InChI=1S/C12H21N3/c13-7-4-8-15-10-14-9-12(15)11-5-2-1-3-6-11/h9-11H,1-8,13H2. The predicted octanol–water partition coefficient (Wildman–Crippen LogP) is 2.28. The summed E-state index contributed by atoms with van der Waals surface area (Å²) in [6.07, 6.45) is 11.9. The lowest BCUT2D eigenvalue weighted by Gasteiger charge is -2.22. The minimum atomic E-state index is 0.749. The third-order valence-corrected chi connectivity index (χ3v) is 3.37. The first-order valence-electron chi connectivity index (χ1n) is 6.12. The van der Waals surface area contributed by atoms with Crippen molar-refractivity contribution < 1.29 is 0 Å². The number of aromatic nitrogens is 2. The molecular weight excluding hydrogens is 186 g/mol. The lowest BCUT2D eigenvalue weighted by atomic mass is 9.87. The number of nitrogens with two attached hydrogens (primary N) is 1. The van der Waals surface area contributed by atoms with Crippen LogP contribution in [0.5, 0.6) is 0 Å². The van der Waals surface area contributed by atoms with Gasteiger partial charge in [0.1, 0.15) is 0 Å². The van der Waals surface area contributed by atoms with Crippen molar-refractivity contribution in [1.82, 2.24) is 9.55 Å². The summed E-state index contributed by atoms with van der Waals surface area (Å²) in [5.41, 5.74) is 6.97. The van der Waals surface area contributed by atoms with E-state index in [1.807, 2.05) is 12.5 Å². The first-order chi connectivity index (χ1) is 7.42. The van der Waals surface area contributed by atoms with Crippen LogP contribution in [0.1, 0.15) is 50.1 Å². The third-order valence-electron chi connectivity index (χ3n) is 3.37. The summed E-state index contributed by atoms with van der Waals surface area (Å²) < 4.78 is 2.29. The first-order valence-corrected chi connectivity index (χ1v) is 6.12. The predicted molar refractivity (Wildman–Crippen MR) is 61.7 cm³/mol. The van der Waals surface area contributed by atoms with Crippen molar-refractivity contribution in [2.45, 2.75) is 51.0 Å². The molecule has 1 aliphatic rings. The molecule has 2 N–H and O–H groups in total. The van der Waals surface area contributed by atoms with Gasteiger partial charge in [0.2, 0.25) is 0 Å². The Hall–Kier alpha value is -0.830. The van der Waals surface area contributed by atoms with E-state index in [4.69, 9.17) is 5.73 Å². The Morgan fingerprint density at radius 3 is 2.87 bits per heavy atom. The van der Waals surface area contributed by atoms with Crippen molar-refractivity contribution in [3.8, 4) is 0 Å². The zero-order valence-corrected chi connectivity index (χ0v) is 9.36. The maximum atomic E-state index is 5.54. The highest BCUT2D eigenvalue weighted by atomic mass is 15.0. The van der Waals surface area contributed by atoms with Gasteiger partial charge in [0, 0.05) is 24.4 Å². The van der Waals surface area contributed by atoms with E-state index in [1.54, 1.807) is 0 Å². The van der Waals surface area contributed by atoms with Gasteiger partial charge in [-0.1, -0.05) is 19.3 Å². The fourth-order valence-electron chi connectivity index (χ4n) is 2.52. The Morgan fingerprint density at radius 1 is 1.33 bits per heavy atom. The van der Waals surface area contributed by atoms with Gasteiger partial charge in [-0.05, 0) is 25.8 Å². The Balaban J connectivity index is 2.02. The van der Waals surface area contributed by atoms with Crippen LogP contribution in [0.4, 0.5) is 0 Å². The number of hydrogen-bond acceptors (Lipinski definition) is 2. The molecule has 1 heterocycles. The second-order valence-electron chi connectivity index (χ2n) is 4.49. The lowest BCUT2D eigenvalue weighted by molar-refractivity contribution is 0.422. The van der Waals surface area contributed by atoms with E-state index in [9.17, 15) is 0 Å². The summed E-state index contributed by atoms with van der Waals surface area (Å²) in [6, 6.07) is 0. The average Bonchev–Trinajstić information content (AvgIpc) is 2.75. The third kappa shape index (κ3) is 2.59. The monoisotopic (exact) mass is 207 g/mol. The Labute approximate surface area is 91.7 Å². The van der Waals surface area contributed by atoms with Gasteiger partial charge in [0.15, 0.2) is 0 Å². The molecule has 0 amide bonds. The van der Waals surface area contributed by atoms with Crippen molar-refractivity contribution in [3.05, 3.63) is 18.2 Å². The van der Waals surface area contributed by atoms with Crippen LogP contribution in [0.25, 0.3) is 0 Å². The molecule has 0 unspecified atom stereocenters. The van der Waals surface area contributed by atoms with Crippen LogP contribution in [0, 0.1) is 0 Å². The maximum absolute atomic E-state index is 5.54. The fourth-order valence-corrected chi connectivity index (χ4v) is 2.52. The van der Waals surface area contributed by atoms with Crippen LogP contribution in [0.2, 0.25) is 0 Å². The molecule has 1 saturated carbocycles. The highest BCUT2D eigenvalue weighted by Crippen LogP contribution is 2.32. The topological polar surface area (TPSA) is 43.8 Å². The molecule has 0 saturated heterocycles. The van der Waals surface area contributed by atoms with Crippen molar-refractivity contribution in [3.63, 3.8) is 0 Å². The molecule has 0 aromatic carbocycles. The second-order valence-corrected chi connectivity index (χ2v) is 4.49. The van der Waals surface area contributed by atoms with Gasteiger partial charge < -0.3 is 10.3 Å². The van der Waals surface area contributed by atoms with Gasteiger partial charge in [0.05, 0.1) is 6.33 Å².